The topological polar surface area (TPSA) is 78.5 Å². The molecule has 0 saturated carbocycles. The van der Waals surface area contributed by atoms with Crippen molar-refractivity contribution in [1.29, 1.82) is 0 Å². The normalized spacial score (nSPS) is 11.2. The summed E-state index contributed by atoms with van der Waals surface area (Å²) in [7, 11) is 1.88. The minimum absolute atomic E-state index is 0.127. The highest BCUT2D eigenvalue weighted by Crippen LogP contribution is 2.31. The van der Waals surface area contributed by atoms with Crippen LogP contribution in [0.5, 0.6) is 0 Å². The van der Waals surface area contributed by atoms with Gasteiger partial charge in [0, 0.05) is 55.3 Å². The molecule has 33 heavy (non-hydrogen) atoms. The number of imidazole rings is 1. The number of hydrogen-bond acceptors (Lipinski definition) is 5. The van der Waals surface area contributed by atoms with Crippen LogP contribution >= 0.6 is 0 Å². The van der Waals surface area contributed by atoms with E-state index in [4.69, 9.17) is 9.97 Å². The summed E-state index contributed by atoms with van der Waals surface area (Å²) in [5, 5.41) is 4.30. The smallest absolute Gasteiger partial charge is 0.162 e. The molecule has 2 aromatic carbocycles. The van der Waals surface area contributed by atoms with Crippen molar-refractivity contribution in [2.24, 2.45) is 7.05 Å². The molecule has 5 aromatic rings. The lowest BCUT2D eigenvalue weighted by Crippen LogP contribution is -2.02. The molecular formula is C26H24N6O. The molecule has 0 radical (unpaired) electrons. The molecule has 7 nitrogen and oxygen atoms in total. The number of aromatic nitrogens is 6. The van der Waals surface area contributed by atoms with Gasteiger partial charge in [0.25, 0.3) is 0 Å². The van der Waals surface area contributed by atoms with Crippen molar-refractivity contribution < 1.29 is 4.79 Å². The van der Waals surface area contributed by atoms with Gasteiger partial charge in [-0.15, -0.1) is 0 Å². The van der Waals surface area contributed by atoms with Crippen LogP contribution in [0.3, 0.4) is 0 Å². The van der Waals surface area contributed by atoms with Crippen LogP contribution in [0.4, 0.5) is 0 Å². The number of nitrogens with zero attached hydrogens (tertiary/aromatic N) is 6. The van der Waals surface area contributed by atoms with Crippen molar-refractivity contribution in [3.63, 3.8) is 0 Å². The van der Waals surface area contributed by atoms with Gasteiger partial charge in [-0.3, -0.25) is 9.48 Å². The molecule has 0 unspecified atom stereocenters. The lowest BCUT2D eigenvalue weighted by atomic mass is 10.0. The van der Waals surface area contributed by atoms with Crippen LogP contribution in [0.15, 0.2) is 79.6 Å². The van der Waals surface area contributed by atoms with Crippen molar-refractivity contribution >= 4 is 16.8 Å². The number of carbonyl (C=O) groups is 1. The second kappa shape index (κ2) is 9.16. The number of fused-ring (bicyclic) bond motifs is 1. The Kier molecular flexibility index (Phi) is 5.76. The first-order valence-corrected chi connectivity index (χ1v) is 11.0. The SMILES string of the molecule is Cn1cc(-c2nc3ccc(C(=O)CCCCn4ccnc4)cc3nc2-c2ccccc2)cn1. The number of carbonyl (C=O) groups excluding carboxylic acids is 1. The average molecular weight is 437 g/mol. The standard InChI is InChI=1S/C26H24N6O/c1-31-17-21(16-28-31)26-25(19-7-3-2-4-8-19)30-23-15-20(10-11-22(23)29-26)24(33)9-5-6-13-32-14-12-27-18-32/h2-4,7-8,10-12,14-18H,5-6,9,13H2,1H3. The van der Waals surface area contributed by atoms with Crippen molar-refractivity contribution in [3.05, 3.63) is 85.2 Å². The molecule has 0 amide bonds. The summed E-state index contributed by atoms with van der Waals surface area (Å²) >= 11 is 0. The Hall–Kier alpha value is -4.13. The third kappa shape index (κ3) is 4.57. The maximum absolute atomic E-state index is 12.8. The first-order valence-electron chi connectivity index (χ1n) is 11.0. The van der Waals surface area contributed by atoms with Crippen LogP contribution < -0.4 is 0 Å². The van der Waals surface area contributed by atoms with Crippen LogP contribution in [-0.2, 0) is 13.6 Å². The third-order valence-corrected chi connectivity index (χ3v) is 5.64. The molecule has 7 heteroatoms. The van der Waals surface area contributed by atoms with E-state index in [1.165, 1.54) is 0 Å². The van der Waals surface area contributed by atoms with Crippen molar-refractivity contribution in [2.75, 3.05) is 0 Å². The molecule has 0 atom stereocenters. The van der Waals surface area contributed by atoms with Crippen molar-refractivity contribution in [3.8, 4) is 22.5 Å². The molecule has 5 rings (SSSR count). The molecule has 0 aliphatic carbocycles. The predicted molar refractivity (Wildman–Crippen MR) is 128 cm³/mol. The predicted octanol–water partition coefficient (Wildman–Crippen LogP) is 4.95. The number of rotatable bonds is 8. The van der Waals surface area contributed by atoms with Gasteiger partial charge in [0.15, 0.2) is 5.78 Å². The Labute approximate surface area is 191 Å². The Bertz CT molecular complexity index is 1390. The Morgan fingerprint density at radius 2 is 1.76 bits per heavy atom. The van der Waals surface area contributed by atoms with E-state index in [-0.39, 0.29) is 5.78 Å². The van der Waals surface area contributed by atoms with Gasteiger partial charge in [0.2, 0.25) is 0 Å². The van der Waals surface area contributed by atoms with E-state index in [1.807, 2.05) is 72.5 Å². The molecule has 0 spiro atoms. The van der Waals surface area contributed by atoms with Crippen molar-refractivity contribution in [1.82, 2.24) is 29.3 Å². The van der Waals surface area contributed by atoms with Crippen LogP contribution in [0.1, 0.15) is 29.6 Å². The molecule has 164 valence electrons. The third-order valence-electron chi connectivity index (χ3n) is 5.64. The van der Waals surface area contributed by atoms with Gasteiger partial charge in [0.05, 0.1) is 29.3 Å². The van der Waals surface area contributed by atoms with E-state index in [2.05, 4.69) is 10.1 Å². The quantitative estimate of drug-likeness (QED) is 0.254. The summed E-state index contributed by atoms with van der Waals surface area (Å²) in [4.78, 5) is 26.7. The fourth-order valence-corrected chi connectivity index (χ4v) is 3.91. The average Bonchev–Trinajstić information content (AvgIpc) is 3.53. The molecule has 0 aliphatic rings. The zero-order chi connectivity index (χ0) is 22.6. The number of hydrogen-bond donors (Lipinski definition) is 0. The molecule has 3 heterocycles. The van der Waals surface area contributed by atoms with Gasteiger partial charge in [-0.25, -0.2) is 15.0 Å². The van der Waals surface area contributed by atoms with E-state index in [1.54, 1.807) is 23.4 Å². The number of ketones is 1. The lowest BCUT2D eigenvalue weighted by molar-refractivity contribution is 0.0979. The van der Waals surface area contributed by atoms with Crippen LogP contribution in [0.25, 0.3) is 33.5 Å². The highest BCUT2D eigenvalue weighted by molar-refractivity contribution is 5.99. The Morgan fingerprint density at radius 3 is 2.52 bits per heavy atom. The molecular weight excluding hydrogens is 412 g/mol. The van der Waals surface area contributed by atoms with Crippen LogP contribution in [0.2, 0.25) is 0 Å². The highest BCUT2D eigenvalue weighted by Gasteiger charge is 2.16. The minimum Gasteiger partial charge on any atom is -0.337 e. The van der Waals surface area contributed by atoms with Gasteiger partial charge in [-0.2, -0.15) is 5.10 Å². The Morgan fingerprint density at radius 1 is 0.939 bits per heavy atom. The number of unbranched alkanes of at least 4 members (excludes halogenated alkanes) is 1. The van der Waals surface area contributed by atoms with Crippen LogP contribution in [0, 0.1) is 0 Å². The molecule has 0 bridgehead atoms. The Balaban J connectivity index is 1.43. The summed E-state index contributed by atoms with van der Waals surface area (Å²) < 4.78 is 3.78. The van der Waals surface area contributed by atoms with Gasteiger partial charge >= 0.3 is 0 Å². The van der Waals surface area contributed by atoms with Crippen LogP contribution in [-0.4, -0.2) is 35.1 Å². The zero-order valence-corrected chi connectivity index (χ0v) is 18.4. The summed E-state index contributed by atoms with van der Waals surface area (Å²) in [6.45, 7) is 0.869. The van der Waals surface area contributed by atoms with Gasteiger partial charge < -0.3 is 4.57 Å². The monoisotopic (exact) mass is 436 g/mol. The molecule has 3 aromatic heterocycles. The maximum Gasteiger partial charge on any atom is 0.162 e. The van der Waals surface area contributed by atoms with E-state index in [0.29, 0.717) is 17.5 Å². The van der Waals surface area contributed by atoms with E-state index in [0.717, 1.165) is 47.4 Å². The van der Waals surface area contributed by atoms with Gasteiger partial charge in [-0.05, 0) is 31.0 Å². The molecule has 0 aliphatic heterocycles. The highest BCUT2D eigenvalue weighted by atomic mass is 16.1. The second-order valence-electron chi connectivity index (χ2n) is 8.07. The fraction of sp³-hybridized carbons (Fsp3) is 0.192. The number of aryl methyl sites for hydroxylation is 2. The summed E-state index contributed by atoms with van der Waals surface area (Å²) in [6, 6.07) is 15.6. The largest absolute Gasteiger partial charge is 0.337 e. The lowest BCUT2D eigenvalue weighted by Gasteiger charge is -2.10. The van der Waals surface area contributed by atoms with Gasteiger partial charge in [0.1, 0.15) is 5.69 Å². The summed E-state index contributed by atoms with van der Waals surface area (Å²) in [5.41, 5.74) is 5.58. The van der Waals surface area contributed by atoms with Crippen molar-refractivity contribution in [2.45, 2.75) is 25.8 Å². The zero-order valence-electron chi connectivity index (χ0n) is 18.4. The first-order chi connectivity index (χ1) is 16.2. The minimum atomic E-state index is 0.127. The molecule has 0 fully saturated rings. The van der Waals surface area contributed by atoms with E-state index in [9.17, 15) is 4.79 Å². The van der Waals surface area contributed by atoms with E-state index >= 15 is 0 Å². The first kappa shape index (κ1) is 20.8. The maximum atomic E-state index is 12.8. The summed E-state index contributed by atoms with van der Waals surface area (Å²) in [5.74, 6) is 0.127. The molecule has 0 saturated heterocycles. The molecule has 0 N–H and O–H groups in total. The van der Waals surface area contributed by atoms with E-state index < -0.39 is 0 Å². The fourth-order valence-electron chi connectivity index (χ4n) is 3.91. The number of Topliss-reactive ketones (excluding diaryl/α,β-unsaturated/α-hetero) is 1. The van der Waals surface area contributed by atoms with Gasteiger partial charge in [-0.1, -0.05) is 30.3 Å². The summed E-state index contributed by atoms with van der Waals surface area (Å²) in [6.07, 6.45) is 11.5. The number of benzene rings is 2. The second-order valence-corrected chi connectivity index (χ2v) is 8.07.